The summed E-state index contributed by atoms with van der Waals surface area (Å²) in [6.07, 6.45) is 2.54. The number of fused-ring (bicyclic) bond motifs is 1. The summed E-state index contributed by atoms with van der Waals surface area (Å²) in [6, 6.07) is 12.1. The number of nitrogens with zero attached hydrogens (tertiary/aromatic N) is 6. The van der Waals surface area contributed by atoms with Crippen molar-refractivity contribution in [3.63, 3.8) is 0 Å². The molecule has 2 atom stereocenters. The Bertz CT molecular complexity index is 1620. The minimum atomic E-state index is -1.43. The molecule has 1 saturated heterocycles. The molecular weight excluding hydrogens is 548 g/mol. The first-order valence-electron chi connectivity index (χ1n) is 12.8. The molecule has 3 heterocycles. The van der Waals surface area contributed by atoms with E-state index in [2.05, 4.69) is 26.8 Å². The largest absolute Gasteiger partial charge is 0.489 e. The molecule has 1 aliphatic rings. The van der Waals surface area contributed by atoms with Crippen LogP contribution in [-0.4, -0.2) is 63.8 Å². The number of nitrogens with one attached hydrogen (secondary N) is 2. The molecule has 4 aromatic rings. The smallest absolute Gasteiger partial charge is 0.327 e. The Labute approximate surface area is 241 Å². The van der Waals surface area contributed by atoms with Crippen molar-refractivity contribution in [2.45, 2.75) is 26.1 Å². The fourth-order valence-electron chi connectivity index (χ4n) is 4.59. The van der Waals surface area contributed by atoms with Crippen molar-refractivity contribution in [3.8, 4) is 11.8 Å². The van der Waals surface area contributed by atoms with Crippen LogP contribution in [0.2, 0.25) is 5.02 Å². The molecule has 0 bridgehead atoms. The Morgan fingerprint density at radius 1 is 1.22 bits per heavy atom. The molecule has 41 heavy (non-hydrogen) atoms. The van der Waals surface area contributed by atoms with Gasteiger partial charge in [0.2, 0.25) is 0 Å². The number of aryl methyl sites for hydroxylation is 2. The highest BCUT2D eigenvalue weighted by atomic mass is 35.5. The van der Waals surface area contributed by atoms with Crippen LogP contribution in [-0.2, 0) is 18.3 Å². The number of carbonyl (C=O) groups excluding carboxylic acids is 1. The lowest BCUT2D eigenvalue weighted by Gasteiger charge is -2.46. The van der Waals surface area contributed by atoms with E-state index in [1.54, 1.807) is 41.0 Å². The van der Waals surface area contributed by atoms with E-state index < -0.39 is 18.7 Å². The van der Waals surface area contributed by atoms with Gasteiger partial charge in [0.05, 0.1) is 52.5 Å². The number of ether oxygens (including phenoxy) is 2. The molecule has 1 fully saturated rings. The van der Waals surface area contributed by atoms with Gasteiger partial charge in [-0.15, -0.1) is 0 Å². The third kappa shape index (κ3) is 6.03. The van der Waals surface area contributed by atoms with Crippen LogP contribution in [0, 0.1) is 18.3 Å². The summed E-state index contributed by atoms with van der Waals surface area (Å²) in [4.78, 5) is 20.5. The number of urea groups is 1. The maximum Gasteiger partial charge on any atom is 0.327 e. The van der Waals surface area contributed by atoms with Crippen LogP contribution < -0.4 is 20.3 Å². The van der Waals surface area contributed by atoms with Gasteiger partial charge < -0.3 is 25.2 Å². The number of rotatable bonds is 9. The molecule has 3 N–H and O–H groups in total. The standard InChI is InChI=1S/C28H29ClN8O4/c1-17-4-5-18(12-30)8-19(17)16-36-26(32-25-9-20-15-35(2)34-24(20)11-23(25)29)33-27(38)37(28(36)39)21-10-22(14-31-13-21)41-7-6-40-3/h4-5,8-11,13-15,26,28,32,39H,6-7,16H2,1-3H3,(H,33,38). The van der Waals surface area contributed by atoms with Gasteiger partial charge in [0.15, 0.2) is 12.6 Å². The minimum Gasteiger partial charge on any atom is -0.489 e. The molecule has 0 aliphatic carbocycles. The number of nitriles is 1. The van der Waals surface area contributed by atoms with Crippen LogP contribution in [0.3, 0.4) is 0 Å². The summed E-state index contributed by atoms with van der Waals surface area (Å²) in [5.74, 6) is 0.417. The monoisotopic (exact) mass is 576 g/mol. The van der Waals surface area contributed by atoms with E-state index in [1.807, 2.05) is 32.3 Å². The number of hydrogen-bond donors (Lipinski definition) is 3. The van der Waals surface area contributed by atoms with Gasteiger partial charge in [-0.05, 0) is 42.3 Å². The van der Waals surface area contributed by atoms with Gasteiger partial charge in [-0.2, -0.15) is 10.4 Å². The number of carbonyl (C=O) groups is 1. The van der Waals surface area contributed by atoms with E-state index in [1.165, 1.54) is 17.3 Å². The number of aromatic nitrogens is 3. The number of pyridine rings is 1. The molecule has 5 rings (SSSR count). The number of amides is 2. The van der Waals surface area contributed by atoms with Crippen molar-refractivity contribution >= 4 is 39.9 Å². The summed E-state index contributed by atoms with van der Waals surface area (Å²) in [5, 5.41) is 33.0. The first-order valence-corrected chi connectivity index (χ1v) is 13.1. The number of aliphatic hydroxyl groups excluding tert-OH is 1. The van der Waals surface area contributed by atoms with Crippen molar-refractivity contribution in [2.24, 2.45) is 7.05 Å². The second-order valence-corrected chi connectivity index (χ2v) is 9.96. The van der Waals surface area contributed by atoms with Gasteiger partial charge in [-0.25, -0.2) is 9.69 Å². The van der Waals surface area contributed by atoms with Crippen LogP contribution in [0.15, 0.2) is 55.0 Å². The number of benzene rings is 2. The molecule has 212 valence electrons. The van der Waals surface area contributed by atoms with E-state index in [-0.39, 0.29) is 6.54 Å². The lowest BCUT2D eigenvalue weighted by Crippen LogP contribution is -2.69. The third-order valence-electron chi connectivity index (χ3n) is 6.70. The molecule has 2 aromatic heterocycles. The normalized spacial score (nSPS) is 17.4. The zero-order valence-electron chi connectivity index (χ0n) is 22.7. The number of aliphatic hydroxyl groups is 1. The second-order valence-electron chi connectivity index (χ2n) is 9.55. The third-order valence-corrected chi connectivity index (χ3v) is 7.02. The maximum absolute atomic E-state index is 13.5. The van der Waals surface area contributed by atoms with Crippen LogP contribution >= 0.6 is 11.6 Å². The molecule has 2 unspecified atom stereocenters. The molecule has 2 aromatic carbocycles. The first-order chi connectivity index (χ1) is 19.8. The van der Waals surface area contributed by atoms with Gasteiger partial charge >= 0.3 is 6.03 Å². The zero-order valence-corrected chi connectivity index (χ0v) is 23.5. The van der Waals surface area contributed by atoms with Crippen LogP contribution in [0.25, 0.3) is 10.9 Å². The summed E-state index contributed by atoms with van der Waals surface area (Å²) < 4.78 is 12.4. The fraction of sp³-hybridized carbons (Fsp3) is 0.286. The number of halogens is 1. The number of hydrogen-bond acceptors (Lipinski definition) is 9. The molecule has 13 heteroatoms. The lowest BCUT2D eigenvalue weighted by molar-refractivity contribution is -0.0402. The van der Waals surface area contributed by atoms with E-state index in [9.17, 15) is 15.2 Å². The predicted molar refractivity (Wildman–Crippen MR) is 153 cm³/mol. The van der Waals surface area contributed by atoms with Crippen LogP contribution in [0.4, 0.5) is 16.2 Å². The van der Waals surface area contributed by atoms with Gasteiger partial charge in [0.1, 0.15) is 12.4 Å². The molecule has 0 saturated carbocycles. The second kappa shape index (κ2) is 12.0. The van der Waals surface area contributed by atoms with Crippen molar-refractivity contribution in [1.82, 2.24) is 25.0 Å². The van der Waals surface area contributed by atoms with E-state index >= 15 is 0 Å². The SMILES string of the molecule is COCCOc1cncc(N2C(=O)NC(Nc3cc4cn(C)nc4cc3Cl)N(Cc3cc(C#N)ccc3C)C2O)c1. The summed E-state index contributed by atoms with van der Waals surface area (Å²) >= 11 is 6.59. The minimum absolute atomic E-state index is 0.182. The van der Waals surface area contributed by atoms with Crippen molar-refractivity contribution in [3.05, 3.63) is 76.7 Å². The molecule has 12 nitrogen and oxygen atoms in total. The molecule has 2 amide bonds. The average Bonchev–Trinajstić information content (AvgIpc) is 3.30. The molecular formula is C28H29ClN8O4. The van der Waals surface area contributed by atoms with Gasteiger partial charge in [0.25, 0.3) is 0 Å². The summed E-state index contributed by atoms with van der Waals surface area (Å²) in [6.45, 7) is 2.78. The van der Waals surface area contributed by atoms with E-state index in [0.29, 0.717) is 40.9 Å². The summed E-state index contributed by atoms with van der Waals surface area (Å²) in [7, 11) is 3.39. The fourth-order valence-corrected chi connectivity index (χ4v) is 4.81. The molecule has 1 aliphatic heterocycles. The Morgan fingerprint density at radius 2 is 2.05 bits per heavy atom. The highest BCUT2D eigenvalue weighted by Gasteiger charge is 2.40. The Morgan fingerprint density at radius 3 is 2.83 bits per heavy atom. The van der Waals surface area contributed by atoms with Crippen LogP contribution in [0.1, 0.15) is 16.7 Å². The Hall–Kier alpha value is -4.41. The molecule has 0 radical (unpaired) electrons. The quantitative estimate of drug-likeness (QED) is 0.255. The van der Waals surface area contributed by atoms with Crippen LogP contribution in [0.5, 0.6) is 5.75 Å². The van der Waals surface area contributed by atoms with E-state index in [4.69, 9.17) is 21.1 Å². The van der Waals surface area contributed by atoms with Crippen molar-refractivity contribution in [1.29, 1.82) is 5.26 Å². The predicted octanol–water partition coefficient (Wildman–Crippen LogP) is 3.53. The highest BCUT2D eigenvalue weighted by Crippen LogP contribution is 2.31. The first kappa shape index (κ1) is 28.1. The highest BCUT2D eigenvalue weighted by molar-refractivity contribution is 6.34. The van der Waals surface area contributed by atoms with Crippen molar-refractivity contribution < 1.29 is 19.4 Å². The number of methoxy groups -OCH3 is 1. The zero-order chi connectivity index (χ0) is 29.1. The number of anilines is 2. The lowest BCUT2D eigenvalue weighted by atomic mass is 10.0. The Balaban J connectivity index is 1.50. The van der Waals surface area contributed by atoms with Gasteiger partial charge in [-0.1, -0.05) is 17.7 Å². The summed E-state index contributed by atoms with van der Waals surface area (Å²) in [5.41, 5.74) is 3.80. The topological polar surface area (TPSA) is 141 Å². The molecule has 0 spiro atoms. The maximum atomic E-state index is 13.5. The average molecular weight is 577 g/mol. The van der Waals surface area contributed by atoms with Crippen molar-refractivity contribution in [2.75, 3.05) is 30.5 Å². The van der Waals surface area contributed by atoms with E-state index in [0.717, 1.165) is 22.0 Å². The Kier molecular flexibility index (Phi) is 8.23. The van der Waals surface area contributed by atoms with Gasteiger partial charge in [-0.3, -0.25) is 14.6 Å². The van der Waals surface area contributed by atoms with Gasteiger partial charge in [0, 0.05) is 38.4 Å².